The summed E-state index contributed by atoms with van der Waals surface area (Å²) >= 11 is 3.97. The summed E-state index contributed by atoms with van der Waals surface area (Å²) in [6, 6.07) is 23.5. The van der Waals surface area contributed by atoms with Crippen molar-refractivity contribution in [3.63, 3.8) is 0 Å². The second kappa shape index (κ2) is 9.75. The largest absolute Gasteiger partial charge is 0.497 e. The van der Waals surface area contributed by atoms with E-state index in [9.17, 15) is 0 Å². The van der Waals surface area contributed by atoms with Gasteiger partial charge in [-0.1, -0.05) is 58.4 Å². The summed E-state index contributed by atoms with van der Waals surface area (Å²) in [7, 11) is 5.08. The van der Waals surface area contributed by atoms with Gasteiger partial charge >= 0.3 is 0 Å². The lowest BCUT2D eigenvalue weighted by atomic mass is 9.87. The predicted octanol–water partition coefficient (Wildman–Crippen LogP) is 5.78. The third-order valence-electron chi connectivity index (χ3n) is 5.95. The monoisotopic (exact) mass is 481 g/mol. The van der Waals surface area contributed by atoms with Crippen molar-refractivity contribution < 1.29 is 14.2 Å². The first-order valence-corrected chi connectivity index (χ1v) is 11.4. The molecule has 0 radical (unpaired) electrons. The Hall–Kier alpha value is -2.50. The molecule has 0 saturated carbocycles. The maximum Gasteiger partial charge on any atom is 0.161 e. The second-order valence-electron chi connectivity index (χ2n) is 7.77. The zero-order valence-corrected chi connectivity index (χ0v) is 19.8. The highest BCUT2D eigenvalue weighted by atomic mass is 79.9. The molecule has 3 aromatic carbocycles. The molecule has 0 bridgehead atoms. The minimum absolute atomic E-state index is 0.196. The van der Waals surface area contributed by atoms with Gasteiger partial charge in [-0.3, -0.25) is 4.90 Å². The maximum atomic E-state index is 5.64. The van der Waals surface area contributed by atoms with Crippen LogP contribution in [0, 0.1) is 0 Å². The van der Waals surface area contributed by atoms with Gasteiger partial charge in [0.2, 0.25) is 0 Å². The Kier molecular flexibility index (Phi) is 6.83. The lowest BCUT2D eigenvalue weighted by Gasteiger charge is -2.41. The van der Waals surface area contributed by atoms with Gasteiger partial charge < -0.3 is 14.2 Å². The molecule has 4 nitrogen and oxygen atoms in total. The van der Waals surface area contributed by atoms with E-state index in [-0.39, 0.29) is 11.0 Å². The number of hydrogen-bond acceptors (Lipinski definition) is 4. The highest BCUT2D eigenvalue weighted by molar-refractivity contribution is 9.09. The van der Waals surface area contributed by atoms with Crippen molar-refractivity contribution in [2.24, 2.45) is 0 Å². The van der Waals surface area contributed by atoms with Crippen LogP contribution in [0.1, 0.15) is 28.3 Å². The molecule has 3 aromatic rings. The van der Waals surface area contributed by atoms with E-state index < -0.39 is 0 Å². The van der Waals surface area contributed by atoms with Crippen LogP contribution >= 0.6 is 15.9 Å². The van der Waals surface area contributed by atoms with Crippen LogP contribution < -0.4 is 14.2 Å². The zero-order chi connectivity index (χ0) is 21.8. The summed E-state index contributed by atoms with van der Waals surface area (Å²) in [6.45, 7) is 0.866. The lowest BCUT2D eigenvalue weighted by Crippen LogP contribution is -2.41. The molecule has 5 heteroatoms. The molecule has 4 rings (SSSR count). The van der Waals surface area contributed by atoms with Gasteiger partial charge in [0.15, 0.2) is 11.5 Å². The normalized spacial score (nSPS) is 18.3. The lowest BCUT2D eigenvalue weighted by molar-refractivity contribution is 0.158. The van der Waals surface area contributed by atoms with E-state index in [4.69, 9.17) is 14.2 Å². The van der Waals surface area contributed by atoms with E-state index in [1.807, 2.05) is 12.1 Å². The molecule has 162 valence electrons. The van der Waals surface area contributed by atoms with Crippen LogP contribution in [0.5, 0.6) is 17.2 Å². The molecule has 0 aromatic heterocycles. The summed E-state index contributed by atoms with van der Waals surface area (Å²) in [5.41, 5.74) is 5.16. The summed E-state index contributed by atoms with van der Waals surface area (Å²) < 4.78 is 16.6. The van der Waals surface area contributed by atoms with E-state index in [1.165, 1.54) is 22.3 Å². The number of alkyl halides is 1. The maximum absolute atomic E-state index is 5.64. The first kappa shape index (κ1) is 21.7. The molecule has 0 saturated heterocycles. The first-order valence-electron chi connectivity index (χ1n) is 10.4. The molecule has 0 aliphatic carbocycles. The molecular weight excluding hydrogens is 454 g/mol. The quantitative estimate of drug-likeness (QED) is 0.316. The number of fused-ring (bicyclic) bond motifs is 1. The van der Waals surface area contributed by atoms with Gasteiger partial charge in [-0.25, -0.2) is 0 Å². The van der Waals surface area contributed by atoms with Gasteiger partial charge in [0.1, 0.15) is 5.75 Å². The smallest absolute Gasteiger partial charge is 0.161 e. The van der Waals surface area contributed by atoms with Crippen molar-refractivity contribution in [3.05, 3.63) is 89.0 Å². The number of nitrogens with zero attached hydrogens (tertiary/aromatic N) is 1. The minimum Gasteiger partial charge on any atom is -0.497 e. The predicted molar refractivity (Wildman–Crippen MR) is 127 cm³/mol. The minimum atomic E-state index is 0.196. The third-order valence-corrected chi connectivity index (χ3v) is 6.80. The van der Waals surface area contributed by atoms with Crippen LogP contribution in [0.15, 0.2) is 66.7 Å². The fraction of sp³-hybridized carbons (Fsp3) is 0.308. The number of rotatable bonds is 7. The van der Waals surface area contributed by atoms with Crippen LogP contribution in [-0.4, -0.2) is 31.2 Å². The van der Waals surface area contributed by atoms with Crippen LogP contribution in [0.2, 0.25) is 0 Å². The Morgan fingerprint density at radius 3 is 2.16 bits per heavy atom. The molecule has 0 N–H and O–H groups in total. The van der Waals surface area contributed by atoms with Gasteiger partial charge in [0, 0.05) is 12.6 Å². The van der Waals surface area contributed by atoms with Crippen molar-refractivity contribution in [2.45, 2.75) is 30.4 Å². The van der Waals surface area contributed by atoms with E-state index in [0.29, 0.717) is 0 Å². The van der Waals surface area contributed by atoms with Crippen molar-refractivity contribution in [1.82, 2.24) is 4.90 Å². The van der Waals surface area contributed by atoms with Crippen LogP contribution in [0.4, 0.5) is 0 Å². The van der Waals surface area contributed by atoms with Crippen molar-refractivity contribution >= 4 is 15.9 Å². The van der Waals surface area contributed by atoms with Gasteiger partial charge in [-0.15, -0.1) is 0 Å². The highest BCUT2D eigenvalue weighted by Crippen LogP contribution is 2.43. The topological polar surface area (TPSA) is 30.9 Å². The van der Waals surface area contributed by atoms with Crippen LogP contribution in [0.25, 0.3) is 0 Å². The number of halogens is 1. The van der Waals surface area contributed by atoms with E-state index >= 15 is 0 Å². The molecule has 31 heavy (non-hydrogen) atoms. The number of ether oxygens (including phenoxy) is 3. The molecule has 1 heterocycles. The Morgan fingerprint density at radius 2 is 1.52 bits per heavy atom. The highest BCUT2D eigenvalue weighted by Gasteiger charge is 2.34. The van der Waals surface area contributed by atoms with E-state index in [0.717, 1.165) is 36.6 Å². The fourth-order valence-corrected chi connectivity index (χ4v) is 5.09. The van der Waals surface area contributed by atoms with Crippen molar-refractivity contribution in [1.29, 1.82) is 0 Å². The number of benzene rings is 3. The third kappa shape index (κ3) is 4.73. The molecule has 2 atom stereocenters. The zero-order valence-electron chi connectivity index (χ0n) is 18.2. The van der Waals surface area contributed by atoms with Crippen LogP contribution in [0.3, 0.4) is 0 Å². The first-order chi connectivity index (χ1) is 15.1. The van der Waals surface area contributed by atoms with Crippen molar-refractivity contribution in [2.75, 3.05) is 21.3 Å². The Labute approximate surface area is 192 Å². The molecule has 0 fully saturated rings. The fourth-order valence-electron chi connectivity index (χ4n) is 4.31. The average Bonchev–Trinajstić information content (AvgIpc) is 2.81. The molecular formula is C26H28BrNO3. The SMILES string of the molecule is COc1ccc(CC2c3cc(OC)c(OC)cc3CC(Br)N2Cc2ccccc2)cc1. The van der Waals surface area contributed by atoms with Gasteiger partial charge in [0.25, 0.3) is 0 Å². The van der Waals surface area contributed by atoms with Crippen LogP contribution in [-0.2, 0) is 19.4 Å². The molecule has 2 unspecified atom stereocenters. The molecule has 0 amide bonds. The summed E-state index contributed by atoms with van der Waals surface area (Å²) in [5, 5.41) is 0. The van der Waals surface area contributed by atoms with Gasteiger partial charge in [0.05, 0.1) is 26.3 Å². The van der Waals surface area contributed by atoms with E-state index in [1.54, 1.807) is 21.3 Å². The molecule has 0 spiro atoms. The Bertz CT molecular complexity index is 1010. The Morgan fingerprint density at radius 1 is 0.839 bits per heavy atom. The molecule has 1 aliphatic rings. The summed E-state index contributed by atoms with van der Waals surface area (Å²) in [5.74, 6) is 2.42. The molecule has 1 aliphatic heterocycles. The van der Waals surface area contributed by atoms with Gasteiger partial charge in [-0.05, 0) is 59.4 Å². The number of hydrogen-bond donors (Lipinski definition) is 0. The van der Waals surface area contributed by atoms with Gasteiger partial charge in [-0.2, -0.15) is 0 Å². The Balaban J connectivity index is 1.75. The standard InChI is InChI=1S/C26H28BrNO3/c1-29-21-11-9-18(10-12-21)13-23-22-16-25(31-3)24(30-2)14-20(22)15-26(27)28(23)17-19-7-5-4-6-8-19/h4-12,14,16,23,26H,13,15,17H2,1-3H3. The van der Waals surface area contributed by atoms with E-state index in [2.05, 4.69) is 75.4 Å². The summed E-state index contributed by atoms with van der Waals surface area (Å²) in [4.78, 5) is 2.76. The van der Waals surface area contributed by atoms with Crippen molar-refractivity contribution in [3.8, 4) is 17.2 Å². The average molecular weight is 482 g/mol. The summed E-state index contributed by atoms with van der Waals surface area (Å²) in [6.07, 6.45) is 1.79. The second-order valence-corrected chi connectivity index (χ2v) is 8.83. The number of methoxy groups -OCH3 is 3.